The van der Waals surface area contributed by atoms with Gasteiger partial charge in [-0.25, -0.2) is 4.79 Å². The maximum Gasteiger partial charge on any atom is 0.335 e. The molecule has 3 nitrogen and oxygen atoms in total. The van der Waals surface area contributed by atoms with Gasteiger partial charge in [-0.05, 0) is 37.6 Å². The fourth-order valence-corrected chi connectivity index (χ4v) is 1.61. The molecule has 1 rings (SSSR count). The van der Waals surface area contributed by atoms with Crippen molar-refractivity contribution in [2.45, 2.75) is 19.3 Å². The van der Waals surface area contributed by atoms with Gasteiger partial charge in [0, 0.05) is 6.42 Å². The SMILES string of the molecule is C#CCCCNCCc1ccccc1C(=O)O. The summed E-state index contributed by atoms with van der Waals surface area (Å²) in [4.78, 5) is 11.0. The average molecular weight is 231 g/mol. The third kappa shape index (κ3) is 4.71. The number of hydrogen-bond acceptors (Lipinski definition) is 2. The zero-order chi connectivity index (χ0) is 12.5. The van der Waals surface area contributed by atoms with Crippen LogP contribution in [0.3, 0.4) is 0 Å². The van der Waals surface area contributed by atoms with Crippen molar-refractivity contribution < 1.29 is 9.90 Å². The van der Waals surface area contributed by atoms with Crippen molar-refractivity contribution in [1.29, 1.82) is 0 Å². The van der Waals surface area contributed by atoms with Crippen molar-refractivity contribution in [3.8, 4) is 12.3 Å². The Hall–Kier alpha value is -1.79. The Morgan fingerprint density at radius 2 is 2.12 bits per heavy atom. The lowest BCUT2D eigenvalue weighted by atomic mass is 10.0. The van der Waals surface area contributed by atoms with E-state index in [9.17, 15) is 4.79 Å². The molecule has 1 aromatic carbocycles. The van der Waals surface area contributed by atoms with Crippen molar-refractivity contribution in [3.63, 3.8) is 0 Å². The van der Waals surface area contributed by atoms with Gasteiger partial charge in [-0.15, -0.1) is 12.3 Å². The predicted molar refractivity (Wildman–Crippen MR) is 68.0 cm³/mol. The van der Waals surface area contributed by atoms with E-state index < -0.39 is 5.97 Å². The van der Waals surface area contributed by atoms with E-state index in [1.165, 1.54) is 0 Å². The normalized spacial score (nSPS) is 9.82. The lowest BCUT2D eigenvalue weighted by Gasteiger charge is -2.06. The molecule has 0 heterocycles. The van der Waals surface area contributed by atoms with Crippen molar-refractivity contribution in [2.75, 3.05) is 13.1 Å². The highest BCUT2D eigenvalue weighted by Gasteiger charge is 2.07. The van der Waals surface area contributed by atoms with E-state index in [4.69, 9.17) is 11.5 Å². The lowest BCUT2D eigenvalue weighted by Crippen LogP contribution is -2.19. The summed E-state index contributed by atoms with van der Waals surface area (Å²) in [5.74, 6) is 1.71. The van der Waals surface area contributed by atoms with Gasteiger partial charge in [0.15, 0.2) is 0 Å². The summed E-state index contributed by atoms with van der Waals surface area (Å²) in [6, 6.07) is 7.09. The number of aromatic carboxylic acids is 1. The van der Waals surface area contributed by atoms with Gasteiger partial charge in [0.05, 0.1) is 5.56 Å². The smallest absolute Gasteiger partial charge is 0.335 e. The molecule has 0 radical (unpaired) electrons. The lowest BCUT2D eigenvalue weighted by molar-refractivity contribution is 0.0695. The van der Waals surface area contributed by atoms with Gasteiger partial charge in [-0.3, -0.25) is 0 Å². The molecule has 90 valence electrons. The van der Waals surface area contributed by atoms with Crippen molar-refractivity contribution in [1.82, 2.24) is 5.32 Å². The summed E-state index contributed by atoms with van der Waals surface area (Å²) in [7, 11) is 0. The topological polar surface area (TPSA) is 49.3 Å². The van der Waals surface area contributed by atoms with Gasteiger partial charge in [0.2, 0.25) is 0 Å². The molecule has 0 spiro atoms. The second kappa shape index (κ2) is 7.48. The number of carbonyl (C=O) groups is 1. The summed E-state index contributed by atoms with van der Waals surface area (Å²) >= 11 is 0. The third-order valence-corrected chi connectivity index (χ3v) is 2.49. The highest BCUT2D eigenvalue weighted by molar-refractivity contribution is 5.89. The van der Waals surface area contributed by atoms with Gasteiger partial charge in [0.25, 0.3) is 0 Å². The monoisotopic (exact) mass is 231 g/mol. The fraction of sp³-hybridized carbons (Fsp3) is 0.357. The number of carboxylic acid groups (broad SMARTS) is 1. The Bertz CT molecular complexity index is 407. The zero-order valence-electron chi connectivity index (χ0n) is 9.78. The number of unbranched alkanes of at least 4 members (excludes halogenated alkanes) is 1. The largest absolute Gasteiger partial charge is 0.478 e. The van der Waals surface area contributed by atoms with Crippen LogP contribution in [0.4, 0.5) is 0 Å². The van der Waals surface area contributed by atoms with Crippen LogP contribution in [-0.2, 0) is 6.42 Å². The highest BCUT2D eigenvalue weighted by Crippen LogP contribution is 2.08. The van der Waals surface area contributed by atoms with Crippen LogP contribution in [0.5, 0.6) is 0 Å². The first-order valence-electron chi connectivity index (χ1n) is 5.71. The molecule has 0 unspecified atom stereocenters. The first-order valence-corrected chi connectivity index (χ1v) is 5.71. The van der Waals surface area contributed by atoms with Gasteiger partial charge in [-0.1, -0.05) is 18.2 Å². The molecule has 0 saturated heterocycles. The molecule has 0 aliphatic heterocycles. The Kier molecular flexibility index (Phi) is 5.84. The van der Waals surface area contributed by atoms with E-state index in [-0.39, 0.29) is 0 Å². The van der Waals surface area contributed by atoms with Crippen LogP contribution < -0.4 is 5.32 Å². The van der Waals surface area contributed by atoms with Crippen LogP contribution in [0.2, 0.25) is 0 Å². The molecule has 0 aliphatic carbocycles. The van der Waals surface area contributed by atoms with Gasteiger partial charge in [0.1, 0.15) is 0 Å². The van der Waals surface area contributed by atoms with Crippen LogP contribution in [0, 0.1) is 12.3 Å². The Morgan fingerprint density at radius 1 is 1.35 bits per heavy atom. The van der Waals surface area contributed by atoms with Crippen LogP contribution >= 0.6 is 0 Å². The van der Waals surface area contributed by atoms with E-state index >= 15 is 0 Å². The maximum atomic E-state index is 11.0. The molecule has 0 saturated carbocycles. The molecule has 2 N–H and O–H groups in total. The molecule has 17 heavy (non-hydrogen) atoms. The summed E-state index contributed by atoms with van der Waals surface area (Å²) in [5, 5.41) is 12.2. The van der Waals surface area contributed by atoms with Crippen LogP contribution in [0.15, 0.2) is 24.3 Å². The van der Waals surface area contributed by atoms with E-state index in [0.717, 1.165) is 37.9 Å². The number of nitrogens with one attached hydrogen (secondary N) is 1. The fourth-order valence-electron chi connectivity index (χ4n) is 1.61. The zero-order valence-corrected chi connectivity index (χ0v) is 9.78. The number of carboxylic acids is 1. The van der Waals surface area contributed by atoms with Gasteiger partial charge < -0.3 is 10.4 Å². The van der Waals surface area contributed by atoms with E-state index in [2.05, 4.69) is 11.2 Å². The van der Waals surface area contributed by atoms with Crippen molar-refractivity contribution in [2.24, 2.45) is 0 Å². The molecule has 0 atom stereocenters. The summed E-state index contributed by atoms with van der Waals surface area (Å²) in [6.07, 6.45) is 7.60. The summed E-state index contributed by atoms with van der Waals surface area (Å²) in [5.41, 5.74) is 1.25. The minimum absolute atomic E-state index is 0.387. The summed E-state index contributed by atoms with van der Waals surface area (Å²) < 4.78 is 0. The van der Waals surface area contributed by atoms with Crippen LogP contribution in [0.25, 0.3) is 0 Å². The number of rotatable bonds is 7. The molecule has 0 aliphatic rings. The van der Waals surface area contributed by atoms with Crippen molar-refractivity contribution in [3.05, 3.63) is 35.4 Å². The van der Waals surface area contributed by atoms with Gasteiger partial charge >= 0.3 is 5.97 Å². The number of terminal acetylenes is 1. The molecular formula is C14H17NO2. The maximum absolute atomic E-state index is 11.0. The molecule has 1 aromatic rings. The second-order valence-corrected chi connectivity index (χ2v) is 3.77. The Morgan fingerprint density at radius 3 is 2.82 bits per heavy atom. The molecule has 0 amide bonds. The molecular weight excluding hydrogens is 214 g/mol. The van der Waals surface area contributed by atoms with Crippen LogP contribution in [0.1, 0.15) is 28.8 Å². The first-order chi connectivity index (χ1) is 8.25. The molecule has 0 bridgehead atoms. The Labute approximate surface area is 102 Å². The summed E-state index contributed by atoms with van der Waals surface area (Å²) in [6.45, 7) is 1.65. The number of benzene rings is 1. The molecule has 0 aromatic heterocycles. The van der Waals surface area contributed by atoms with E-state index in [1.807, 2.05) is 12.1 Å². The van der Waals surface area contributed by atoms with Crippen LogP contribution in [-0.4, -0.2) is 24.2 Å². The van der Waals surface area contributed by atoms with Gasteiger partial charge in [-0.2, -0.15) is 0 Å². The minimum atomic E-state index is -0.868. The third-order valence-electron chi connectivity index (χ3n) is 2.49. The average Bonchev–Trinajstić information content (AvgIpc) is 2.34. The second-order valence-electron chi connectivity index (χ2n) is 3.77. The number of hydrogen-bond donors (Lipinski definition) is 2. The molecule has 0 fully saturated rings. The first kappa shape index (κ1) is 13.3. The minimum Gasteiger partial charge on any atom is -0.478 e. The predicted octanol–water partition coefficient (Wildman–Crippen LogP) is 1.93. The van der Waals surface area contributed by atoms with Crippen molar-refractivity contribution >= 4 is 5.97 Å². The van der Waals surface area contributed by atoms with E-state index in [0.29, 0.717) is 5.56 Å². The molecule has 3 heteroatoms. The standard InChI is InChI=1S/C14H17NO2/c1-2-3-6-10-15-11-9-12-7-4-5-8-13(12)14(16)17/h1,4-5,7-8,15H,3,6,9-11H2,(H,16,17). The van der Waals surface area contributed by atoms with E-state index in [1.54, 1.807) is 12.1 Å². The Balaban J connectivity index is 2.37. The highest BCUT2D eigenvalue weighted by atomic mass is 16.4. The quantitative estimate of drug-likeness (QED) is 0.557.